The number of benzene rings is 1. The van der Waals surface area contributed by atoms with Crippen LogP contribution in [-0.4, -0.2) is 80.7 Å². The van der Waals surface area contributed by atoms with Crippen molar-refractivity contribution in [3.8, 4) is 0 Å². The summed E-state index contributed by atoms with van der Waals surface area (Å²) in [5.74, 6) is 0. The second-order valence-electron chi connectivity index (χ2n) is 6.32. The van der Waals surface area contributed by atoms with Gasteiger partial charge in [0, 0.05) is 64.9 Å². The van der Waals surface area contributed by atoms with Gasteiger partial charge in [-0.3, -0.25) is 9.80 Å². The van der Waals surface area contributed by atoms with Gasteiger partial charge in [-0.05, 0) is 12.6 Å². The van der Waals surface area contributed by atoms with Gasteiger partial charge in [0.1, 0.15) is 0 Å². The number of likely N-dealkylation sites (N-methyl/N-ethyl adjacent to an activating group) is 1. The molecule has 1 aromatic rings. The third-order valence-electron chi connectivity index (χ3n) is 4.79. The summed E-state index contributed by atoms with van der Waals surface area (Å²) in [5.41, 5.74) is 1.46. The van der Waals surface area contributed by atoms with Gasteiger partial charge < -0.3 is 10.2 Å². The van der Waals surface area contributed by atoms with Gasteiger partial charge in [0.15, 0.2) is 0 Å². The Labute approximate surface area is 128 Å². The largest absolute Gasteiger partial charge is 0.314 e. The van der Waals surface area contributed by atoms with Crippen LogP contribution in [0.3, 0.4) is 0 Å². The molecule has 1 aromatic carbocycles. The Balaban J connectivity index is 1.61. The molecule has 1 N–H and O–H groups in total. The molecule has 0 radical (unpaired) electrons. The van der Waals surface area contributed by atoms with Crippen molar-refractivity contribution < 1.29 is 0 Å². The van der Waals surface area contributed by atoms with Crippen molar-refractivity contribution in [3.05, 3.63) is 35.9 Å². The maximum atomic E-state index is 3.43. The highest BCUT2D eigenvalue weighted by atomic mass is 15.3. The predicted octanol–water partition coefficient (Wildman–Crippen LogP) is 0.880. The summed E-state index contributed by atoms with van der Waals surface area (Å²) in [4.78, 5) is 7.73. The molecule has 21 heavy (non-hydrogen) atoms. The SMILES string of the molecule is CN1CCN(CCN2CCNCC2)C(c2ccccc2)C1. The van der Waals surface area contributed by atoms with Crippen LogP contribution in [0.4, 0.5) is 0 Å². The zero-order chi connectivity index (χ0) is 14.5. The van der Waals surface area contributed by atoms with E-state index in [1.807, 2.05) is 0 Å². The lowest BCUT2D eigenvalue weighted by molar-refractivity contribution is 0.0765. The van der Waals surface area contributed by atoms with Crippen molar-refractivity contribution in [1.29, 1.82) is 0 Å². The molecule has 2 heterocycles. The summed E-state index contributed by atoms with van der Waals surface area (Å²) >= 11 is 0. The number of hydrogen-bond donors (Lipinski definition) is 1. The molecule has 2 aliphatic heterocycles. The minimum atomic E-state index is 0.549. The maximum Gasteiger partial charge on any atom is 0.0476 e. The monoisotopic (exact) mass is 288 g/mol. The molecular weight excluding hydrogens is 260 g/mol. The smallest absolute Gasteiger partial charge is 0.0476 e. The third-order valence-corrected chi connectivity index (χ3v) is 4.79. The first-order valence-corrected chi connectivity index (χ1v) is 8.23. The van der Waals surface area contributed by atoms with Crippen LogP contribution in [0.15, 0.2) is 30.3 Å². The Hall–Kier alpha value is -0.940. The van der Waals surface area contributed by atoms with E-state index in [-0.39, 0.29) is 0 Å². The van der Waals surface area contributed by atoms with E-state index in [4.69, 9.17) is 0 Å². The van der Waals surface area contributed by atoms with Crippen LogP contribution in [0.1, 0.15) is 11.6 Å². The maximum absolute atomic E-state index is 3.43. The van der Waals surface area contributed by atoms with Gasteiger partial charge in [0.05, 0.1) is 0 Å². The van der Waals surface area contributed by atoms with E-state index in [0.717, 1.165) is 19.6 Å². The topological polar surface area (TPSA) is 21.8 Å². The molecule has 0 amide bonds. The van der Waals surface area contributed by atoms with E-state index in [2.05, 4.69) is 57.4 Å². The predicted molar refractivity (Wildman–Crippen MR) is 87.6 cm³/mol. The lowest BCUT2D eigenvalue weighted by atomic mass is 10.0. The normalized spacial score (nSPS) is 26.0. The van der Waals surface area contributed by atoms with Gasteiger partial charge in [-0.2, -0.15) is 0 Å². The molecule has 3 rings (SSSR count). The van der Waals surface area contributed by atoms with E-state index < -0.39 is 0 Å². The lowest BCUT2D eigenvalue weighted by Crippen LogP contribution is -2.51. The first kappa shape index (κ1) is 15.0. The van der Waals surface area contributed by atoms with Crippen LogP contribution in [0.25, 0.3) is 0 Å². The Morgan fingerprint density at radius 1 is 1.00 bits per heavy atom. The van der Waals surface area contributed by atoms with Crippen molar-refractivity contribution in [1.82, 2.24) is 20.0 Å². The molecule has 0 bridgehead atoms. The summed E-state index contributed by atoms with van der Waals surface area (Å²) in [6, 6.07) is 11.6. The number of piperazine rings is 2. The third kappa shape index (κ3) is 4.04. The molecule has 2 fully saturated rings. The Morgan fingerprint density at radius 3 is 2.52 bits per heavy atom. The van der Waals surface area contributed by atoms with Crippen molar-refractivity contribution in [2.75, 3.05) is 66.0 Å². The zero-order valence-electron chi connectivity index (χ0n) is 13.2. The molecule has 0 aliphatic carbocycles. The number of nitrogens with zero attached hydrogens (tertiary/aromatic N) is 3. The van der Waals surface area contributed by atoms with Crippen LogP contribution in [0.2, 0.25) is 0 Å². The van der Waals surface area contributed by atoms with E-state index >= 15 is 0 Å². The van der Waals surface area contributed by atoms with Crippen LogP contribution < -0.4 is 5.32 Å². The molecule has 1 unspecified atom stereocenters. The fourth-order valence-corrected chi connectivity index (χ4v) is 3.42. The number of nitrogens with one attached hydrogen (secondary N) is 1. The highest BCUT2D eigenvalue weighted by Gasteiger charge is 2.26. The first-order chi connectivity index (χ1) is 10.3. The fraction of sp³-hybridized carbons (Fsp3) is 0.647. The molecule has 0 aromatic heterocycles. The standard InChI is InChI=1S/C17H28N4/c1-19-11-13-21(14-12-20-9-7-18-8-10-20)17(15-19)16-5-3-2-4-6-16/h2-6,17-18H,7-15H2,1H3. The van der Waals surface area contributed by atoms with Gasteiger partial charge in [-0.15, -0.1) is 0 Å². The molecule has 1 atom stereocenters. The van der Waals surface area contributed by atoms with E-state index in [1.165, 1.54) is 44.8 Å². The van der Waals surface area contributed by atoms with E-state index in [9.17, 15) is 0 Å². The van der Waals surface area contributed by atoms with Gasteiger partial charge in [0.2, 0.25) is 0 Å². The molecule has 2 saturated heterocycles. The van der Waals surface area contributed by atoms with Gasteiger partial charge in [-0.1, -0.05) is 30.3 Å². The summed E-state index contributed by atoms with van der Waals surface area (Å²) in [7, 11) is 2.24. The second-order valence-corrected chi connectivity index (χ2v) is 6.32. The van der Waals surface area contributed by atoms with Crippen LogP contribution in [-0.2, 0) is 0 Å². The average molecular weight is 288 g/mol. The van der Waals surface area contributed by atoms with Crippen molar-refractivity contribution in [2.45, 2.75) is 6.04 Å². The minimum absolute atomic E-state index is 0.549. The van der Waals surface area contributed by atoms with E-state index in [0.29, 0.717) is 6.04 Å². The Morgan fingerprint density at radius 2 is 1.76 bits per heavy atom. The summed E-state index contributed by atoms with van der Waals surface area (Å²) in [6.07, 6.45) is 0. The molecule has 0 saturated carbocycles. The highest BCUT2D eigenvalue weighted by molar-refractivity contribution is 5.20. The lowest BCUT2D eigenvalue weighted by Gasteiger charge is -2.41. The molecule has 4 nitrogen and oxygen atoms in total. The quantitative estimate of drug-likeness (QED) is 0.888. The summed E-state index contributed by atoms with van der Waals surface area (Å²) in [5, 5.41) is 3.43. The fourth-order valence-electron chi connectivity index (χ4n) is 3.42. The Kier molecular flexibility index (Phi) is 5.25. The number of hydrogen-bond acceptors (Lipinski definition) is 4. The van der Waals surface area contributed by atoms with Crippen LogP contribution >= 0.6 is 0 Å². The highest BCUT2D eigenvalue weighted by Crippen LogP contribution is 2.24. The molecule has 116 valence electrons. The molecular formula is C17H28N4. The van der Waals surface area contributed by atoms with Crippen molar-refractivity contribution >= 4 is 0 Å². The molecule has 0 spiro atoms. The van der Waals surface area contributed by atoms with Crippen molar-refractivity contribution in [2.24, 2.45) is 0 Å². The Bertz CT molecular complexity index is 416. The average Bonchev–Trinajstić information content (AvgIpc) is 2.55. The second kappa shape index (κ2) is 7.36. The zero-order valence-corrected chi connectivity index (χ0v) is 13.2. The van der Waals surface area contributed by atoms with Crippen LogP contribution in [0, 0.1) is 0 Å². The van der Waals surface area contributed by atoms with Crippen molar-refractivity contribution in [3.63, 3.8) is 0 Å². The number of rotatable bonds is 4. The minimum Gasteiger partial charge on any atom is -0.314 e. The first-order valence-electron chi connectivity index (χ1n) is 8.23. The van der Waals surface area contributed by atoms with Gasteiger partial charge in [0.25, 0.3) is 0 Å². The van der Waals surface area contributed by atoms with Gasteiger partial charge >= 0.3 is 0 Å². The molecule has 4 heteroatoms. The summed E-state index contributed by atoms with van der Waals surface area (Å²) < 4.78 is 0. The molecule has 2 aliphatic rings. The summed E-state index contributed by atoms with van der Waals surface area (Å²) in [6.45, 7) is 10.6. The van der Waals surface area contributed by atoms with Crippen LogP contribution in [0.5, 0.6) is 0 Å². The van der Waals surface area contributed by atoms with Gasteiger partial charge in [-0.25, -0.2) is 0 Å². The van der Waals surface area contributed by atoms with E-state index in [1.54, 1.807) is 0 Å².